The minimum atomic E-state index is -4.22. The van der Waals surface area contributed by atoms with Gasteiger partial charge in [-0.15, -0.1) is 0 Å². The smallest absolute Gasteiger partial charge is 0.272 e. The molecule has 0 saturated heterocycles. The first-order valence-corrected chi connectivity index (χ1v) is 12.6. The van der Waals surface area contributed by atoms with Crippen molar-refractivity contribution in [2.24, 2.45) is 0 Å². The number of nitro benzene ring substituents is 1. The zero-order valence-electron chi connectivity index (χ0n) is 19.7. The van der Waals surface area contributed by atoms with Crippen molar-refractivity contribution in [3.8, 4) is 17.3 Å². The van der Waals surface area contributed by atoms with Gasteiger partial charge in [-0.1, -0.05) is 0 Å². The van der Waals surface area contributed by atoms with E-state index in [-0.39, 0.29) is 23.4 Å². The van der Waals surface area contributed by atoms with Crippen LogP contribution in [0, 0.1) is 22.9 Å². The summed E-state index contributed by atoms with van der Waals surface area (Å²) in [6.45, 7) is 4.79. The Morgan fingerprint density at radius 3 is 2.47 bits per heavy atom. The topological polar surface area (TPSA) is 145 Å². The first-order valence-electron chi connectivity index (χ1n) is 11.1. The molecule has 0 spiro atoms. The molecule has 36 heavy (non-hydrogen) atoms. The Hall–Kier alpha value is -3.84. The van der Waals surface area contributed by atoms with Gasteiger partial charge in [-0.05, 0) is 63.9 Å². The van der Waals surface area contributed by atoms with Crippen LogP contribution in [0.2, 0.25) is 0 Å². The number of hydrogen-bond donors (Lipinski definition) is 2. The Morgan fingerprint density at radius 2 is 1.89 bits per heavy atom. The molecule has 4 rings (SSSR count). The number of carbonyl (C=O) groups excluding carboxylic acids is 1. The molecule has 190 valence electrons. The summed E-state index contributed by atoms with van der Waals surface area (Å²) in [4.78, 5) is 23.0. The summed E-state index contributed by atoms with van der Waals surface area (Å²) in [5, 5.41) is 18.5. The predicted molar refractivity (Wildman–Crippen MR) is 127 cm³/mol. The molecule has 1 aliphatic carbocycles. The minimum Gasteiger partial charge on any atom is -0.437 e. The molecule has 0 bridgehead atoms. The van der Waals surface area contributed by atoms with Crippen molar-refractivity contribution in [1.29, 1.82) is 0 Å². The minimum absolute atomic E-state index is 0.00240. The number of sulfonamides is 1. The molecule has 13 heteroatoms. The molecular formula is C23H24FN5O6S. The molecule has 1 aromatic heterocycles. The van der Waals surface area contributed by atoms with E-state index in [0.717, 1.165) is 25.0 Å². The summed E-state index contributed by atoms with van der Waals surface area (Å²) in [6, 6.07) is 7.99. The molecule has 1 aliphatic rings. The fourth-order valence-corrected chi connectivity index (χ4v) is 4.84. The molecule has 1 fully saturated rings. The molecule has 1 amide bonds. The fraction of sp³-hybridized carbons (Fsp3) is 0.304. The second-order valence-corrected chi connectivity index (χ2v) is 10.4. The van der Waals surface area contributed by atoms with Gasteiger partial charge < -0.3 is 10.1 Å². The standard InChI is InChI=1S/C23H24FN5O6S/c1-13(2)27-36(33,34)20-12-18(29(31)32)10-11-19(20)35-23-14(3)21(22(30)25-16-6-7-16)26-28(23)17-8-4-15(24)5-9-17/h4-5,8-13,16,27H,6-7H2,1-3H3,(H,25,30). The van der Waals surface area contributed by atoms with Crippen LogP contribution in [0.25, 0.3) is 5.69 Å². The van der Waals surface area contributed by atoms with Crippen molar-refractivity contribution in [3.05, 3.63) is 69.7 Å². The van der Waals surface area contributed by atoms with Gasteiger partial charge in [-0.2, -0.15) is 9.78 Å². The van der Waals surface area contributed by atoms with E-state index in [9.17, 15) is 27.7 Å². The molecule has 2 aromatic carbocycles. The highest BCUT2D eigenvalue weighted by atomic mass is 32.2. The van der Waals surface area contributed by atoms with Crippen LogP contribution < -0.4 is 14.8 Å². The molecule has 0 unspecified atom stereocenters. The Bertz CT molecular complexity index is 1430. The van der Waals surface area contributed by atoms with Crippen LogP contribution in [0.15, 0.2) is 47.4 Å². The number of nitro groups is 1. The van der Waals surface area contributed by atoms with Gasteiger partial charge in [-0.3, -0.25) is 14.9 Å². The third kappa shape index (κ3) is 5.36. The maximum absolute atomic E-state index is 13.6. The van der Waals surface area contributed by atoms with E-state index >= 15 is 0 Å². The molecule has 1 saturated carbocycles. The summed E-state index contributed by atoms with van der Waals surface area (Å²) in [7, 11) is -4.22. The second-order valence-electron chi connectivity index (χ2n) is 8.68. The number of nitrogens with zero attached hydrogens (tertiary/aromatic N) is 3. The van der Waals surface area contributed by atoms with Crippen LogP contribution in [-0.4, -0.2) is 41.1 Å². The van der Waals surface area contributed by atoms with Crippen molar-refractivity contribution in [2.45, 2.75) is 50.6 Å². The zero-order valence-corrected chi connectivity index (χ0v) is 20.5. The Morgan fingerprint density at radius 1 is 1.22 bits per heavy atom. The highest BCUT2D eigenvalue weighted by molar-refractivity contribution is 7.89. The molecule has 11 nitrogen and oxygen atoms in total. The number of non-ortho nitro benzene ring substituents is 1. The number of nitrogens with one attached hydrogen (secondary N) is 2. The van der Waals surface area contributed by atoms with Crippen molar-refractivity contribution in [2.75, 3.05) is 0 Å². The predicted octanol–water partition coefficient (Wildman–Crippen LogP) is 3.60. The molecule has 0 radical (unpaired) electrons. The van der Waals surface area contributed by atoms with Crippen molar-refractivity contribution in [1.82, 2.24) is 19.8 Å². The largest absolute Gasteiger partial charge is 0.437 e. The summed E-state index contributed by atoms with van der Waals surface area (Å²) < 4.78 is 49.2. The molecular weight excluding hydrogens is 493 g/mol. The lowest BCUT2D eigenvalue weighted by molar-refractivity contribution is -0.385. The van der Waals surface area contributed by atoms with Gasteiger partial charge in [0.2, 0.25) is 15.9 Å². The average Bonchev–Trinajstić information content (AvgIpc) is 3.56. The number of benzene rings is 2. The van der Waals surface area contributed by atoms with Gasteiger partial charge in [0, 0.05) is 29.8 Å². The van der Waals surface area contributed by atoms with Crippen molar-refractivity contribution in [3.63, 3.8) is 0 Å². The van der Waals surface area contributed by atoms with E-state index in [2.05, 4.69) is 15.1 Å². The lowest BCUT2D eigenvalue weighted by Gasteiger charge is -2.15. The van der Waals surface area contributed by atoms with Gasteiger partial charge in [0.25, 0.3) is 11.6 Å². The number of carbonyl (C=O) groups is 1. The van der Waals surface area contributed by atoms with E-state index in [0.29, 0.717) is 11.3 Å². The number of hydrogen-bond acceptors (Lipinski definition) is 7. The van der Waals surface area contributed by atoms with E-state index in [4.69, 9.17) is 4.74 Å². The summed E-state index contributed by atoms with van der Waals surface area (Å²) in [5.41, 5.74) is 0.259. The maximum atomic E-state index is 13.6. The van der Waals surface area contributed by atoms with Crippen LogP contribution in [-0.2, 0) is 10.0 Å². The number of amides is 1. The lowest BCUT2D eigenvalue weighted by atomic mass is 10.2. The van der Waals surface area contributed by atoms with E-state index in [1.807, 2.05) is 0 Å². The number of halogens is 1. The second kappa shape index (κ2) is 9.66. The normalized spacial score (nSPS) is 13.6. The third-order valence-electron chi connectivity index (χ3n) is 5.29. The van der Waals surface area contributed by atoms with E-state index in [1.54, 1.807) is 20.8 Å². The van der Waals surface area contributed by atoms with Crippen LogP contribution in [0.1, 0.15) is 42.7 Å². The zero-order chi connectivity index (χ0) is 26.2. The Labute approximate surface area is 206 Å². The summed E-state index contributed by atoms with van der Waals surface area (Å²) in [6.07, 6.45) is 1.72. The SMILES string of the molecule is Cc1c(C(=O)NC2CC2)nn(-c2ccc(F)cc2)c1Oc1ccc([N+](=O)[O-])cc1S(=O)(=O)NC(C)C. The summed E-state index contributed by atoms with van der Waals surface area (Å²) >= 11 is 0. The Kier molecular flexibility index (Phi) is 6.78. The molecule has 1 heterocycles. The lowest BCUT2D eigenvalue weighted by Crippen LogP contribution is -2.30. The van der Waals surface area contributed by atoms with Crippen LogP contribution in [0.3, 0.4) is 0 Å². The van der Waals surface area contributed by atoms with Crippen molar-refractivity contribution < 1.29 is 27.3 Å². The maximum Gasteiger partial charge on any atom is 0.272 e. The monoisotopic (exact) mass is 517 g/mol. The van der Waals surface area contributed by atoms with Gasteiger partial charge in [0.05, 0.1) is 10.6 Å². The van der Waals surface area contributed by atoms with Gasteiger partial charge in [0.1, 0.15) is 16.5 Å². The highest BCUT2D eigenvalue weighted by Crippen LogP contribution is 2.36. The number of ether oxygens (including phenoxy) is 1. The van der Waals surface area contributed by atoms with Gasteiger partial charge in [-0.25, -0.2) is 17.5 Å². The third-order valence-corrected chi connectivity index (χ3v) is 6.97. The first-order chi connectivity index (χ1) is 17.0. The van der Waals surface area contributed by atoms with Crippen LogP contribution >= 0.6 is 0 Å². The van der Waals surface area contributed by atoms with Gasteiger partial charge in [0.15, 0.2) is 5.69 Å². The van der Waals surface area contributed by atoms with E-state index < -0.39 is 43.3 Å². The highest BCUT2D eigenvalue weighted by Gasteiger charge is 2.30. The molecule has 0 atom stereocenters. The molecule has 3 aromatic rings. The Balaban J connectivity index is 1.85. The van der Waals surface area contributed by atoms with E-state index in [1.165, 1.54) is 35.0 Å². The van der Waals surface area contributed by atoms with Gasteiger partial charge >= 0.3 is 0 Å². The summed E-state index contributed by atoms with van der Waals surface area (Å²) in [5.74, 6) is -1.13. The number of rotatable bonds is 9. The van der Waals surface area contributed by atoms with Crippen LogP contribution in [0.5, 0.6) is 11.6 Å². The number of aromatic nitrogens is 2. The van der Waals surface area contributed by atoms with Crippen LogP contribution in [0.4, 0.5) is 10.1 Å². The first kappa shape index (κ1) is 25.3. The fourth-order valence-electron chi connectivity index (χ4n) is 3.44. The molecule has 0 aliphatic heterocycles. The molecule has 2 N–H and O–H groups in total. The average molecular weight is 518 g/mol. The quantitative estimate of drug-likeness (QED) is 0.326. The van der Waals surface area contributed by atoms with Crippen molar-refractivity contribution >= 4 is 21.6 Å².